The average molecular weight is 613 g/mol. The molecule has 0 radical (unpaired) electrons. The van der Waals surface area contributed by atoms with Crippen LogP contribution >= 0.6 is 11.8 Å². The zero-order valence-electron chi connectivity index (χ0n) is 24.2. The number of nitrogens with one attached hydrogen (secondary N) is 2. The predicted molar refractivity (Wildman–Crippen MR) is 172 cm³/mol. The lowest BCUT2D eigenvalue weighted by Gasteiger charge is -2.36. The van der Waals surface area contributed by atoms with Crippen LogP contribution in [0.15, 0.2) is 102 Å². The van der Waals surface area contributed by atoms with Gasteiger partial charge in [0.1, 0.15) is 0 Å². The van der Waals surface area contributed by atoms with E-state index in [1.54, 1.807) is 42.2 Å². The van der Waals surface area contributed by atoms with E-state index in [-0.39, 0.29) is 43.5 Å². The van der Waals surface area contributed by atoms with Crippen molar-refractivity contribution < 1.29 is 24.2 Å². The Morgan fingerprint density at radius 2 is 1.57 bits per heavy atom. The van der Waals surface area contributed by atoms with Gasteiger partial charge in [-0.15, -0.1) is 11.8 Å². The molecule has 10 heteroatoms. The van der Waals surface area contributed by atoms with Crippen molar-refractivity contribution in [2.24, 2.45) is 0 Å². The Hall–Kier alpha value is -4.22. The summed E-state index contributed by atoms with van der Waals surface area (Å²) >= 11 is 1.64. The number of carbonyl (C=O) groups excluding carboxylic acids is 2. The standard InChI is InChI=1S/C34H36N4O5S/c35-28-6-1-2-7-29(28)38-32(41)9-5-8-31(40)37-26-17-15-25(16-18-26)34-42-27(22-44-33-10-3-4-19-36-33)20-30(43-34)24-13-11-23(21-39)12-14-24/h1-4,6-7,10-19,27,30,34,39H,5,8-9,20-22,35H2,(H,37,40)(H,38,41). The summed E-state index contributed by atoms with van der Waals surface area (Å²) in [5.74, 6) is 0.354. The van der Waals surface area contributed by atoms with E-state index >= 15 is 0 Å². The fraction of sp³-hybridized carbons (Fsp3) is 0.265. The number of rotatable bonds is 12. The number of nitrogens with two attached hydrogens (primary N) is 1. The Bertz CT molecular complexity index is 1520. The molecule has 3 unspecified atom stereocenters. The fourth-order valence-corrected chi connectivity index (χ4v) is 5.70. The zero-order valence-corrected chi connectivity index (χ0v) is 25.0. The normalized spacial score (nSPS) is 18.0. The fourth-order valence-electron chi connectivity index (χ4n) is 4.81. The van der Waals surface area contributed by atoms with Crippen LogP contribution in [0.2, 0.25) is 0 Å². The number of aliphatic hydroxyl groups excluding tert-OH is 1. The Morgan fingerprint density at radius 1 is 0.864 bits per heavy atom. The van der Waals surface area contributed by atoms with Crippen molar-refractivity contribution in [3.8, 4) is 0 Å². The molecule has 3 aromatic carbocycles. The third kappa shape index (κ3) is 8.90. The SMILES string of the molecule is Nc1ccccc1NC(=O)CCCC(=O)Nc1ccc(C2OC(CSc3ccccn3)CC(c3ccc(CO)cc3)O2)cc1. The first-order chi connectivity index (χ1) is 21.5. The number of ether oxygens (including phenoxy) is 2. The second-order valence-electron chi connectivity index (χ2n) is 10.5. The van der Waals surface area contributed by atoms with Crippen LogP contribution in [-0.4, -0.2) is 33.8 Å². The molecule has 44 heavy (non-hydrogen) atoms. The minimum Gasteiger partial charge on any atom is -0.397 e. The Labute approximate surface area is 261 Å². The molecule has 1 aromatic heterocycles. The summed E-state index contributed by atoms with van der Waals surface area (Å²) in [4.78, 5) is 29.2. The first-order valence-corrected chi connectivity index (χ1v) is 15.5. The van der Waals surface area contributed by atoms with Crippen LogP contribution in [0.25, 0.3) is 0 Å². The average Bonchev–Trinajstić information content (AvgIpc) is 3.05. The van der Waals surface area contributed by atoms with Crippen LogP contribution in [-0.2, 0) is 25.7 Å². The van der Waals surface area contributed by atoms with Gasteiger partial charge in [0.2, 0.25) is 11.8 Å². The Kier molecular flexibility index (Phi) is 11.0. The van der Waals surface area contributed by atoms with Crippen molar-refractivity contribution in [1.82, 2.24) is 4.98 Å². The van der Waals surface area contributed by atoms with Gasteiger partial charge in [0, 0.05) is 42.5 Å². The first-order valence-electron chi connectivity index (χ1n) is 14.6. The van der Waals surface area contributed by atoms with Crippen LogP contribution in [0.1, 0.15) is 54.8 Å². The highest BCUT2D eigenvalue weighted by Crippen LogP contribution is 2.39. The number of anilines is 3. The van der Waals surface area contributed by atoms with E-state index in [1.807, 2.05) is 66.7 Å². The molecular formula is C34H36N4O5S. The minimum absolute atomic E-state index is 0.0110. The van der Waals surface area contributed by atoms with Crippen molar-refractivity contribution in [3.05, 3.63) is 114 Å². The van der Waals surface area contributed by atoms with E-state index < -0.39 is 6.29 Å². The van der Waals surface area contributed by atoms with Crippen LogP contribution in [0.4, 0.5) is 17.1 Å². The number of pyridine rings is 1. The number of benzene rings is 3. The van der Waals surface area contributed by atoms with E-state index in [9.17, 15) is 14.7 Å². The van der Waals surface area contributed by atoms with Gasteiger partial charge in [0.15, 0.2) is 6.29 Å². The lowest BCUT2D eigenvalue weighted by Crippen LogP contribution is -2.31. The molecule has 0 bridgehead atoms. The number of nitrogens with zero attached hydrogens (tertiary/aromatic N) is 1. The Balaban J connectivity index is 1.16. The van der Waals surface area contributed by atoms with Crippen molar-refractivity contribution in [2.45, 2.75) is 55.8 Å². The maximum atomic E-state index is 12.5. The molecule has 1 fully saturated rings. The highest BCUT2D eigenvalue weighted by atomic mass is 32.2. The van der Waals surface area contributed by atoms with E-state index in [1.165, 1.54) is 0 Å². The molecule has 228 valence electrons. The molecule has 5 N–H and O–H groups in total. The number of aromatic nitrogens is 1. The van der Waals surface area contributed by atoms with Gasteiger partial charge in [0.25, 0.3) is 0 Å². The summed E-state index contributed by atoms with van der Waals surface area (Å²) in [6.45, 7) is -0.0110. The first kappa shape index (κ1) is 31.2. The van der Waals surface area contributed by atoms with Gasteiger partial charge in [-0.2, -0.15) is 0 Å². The number of para-hydroxylation sites is 2. The second kappa shape index (κ2) is 15.5. The van der Waals surface area contributed by atoms with Crippen LogP contribution < -0.4 is 16.4 Å². The largest absolute Gasteiger partial charge is 0.397 e. The predicted octanol–water partition coefficient (Wildman–Crippen LogP) is 6.24. The lowest BCUT2D eigenvalue weighted by molar-refractivity contribution is -0.245. The summed E-state index contributed by atoms with van der Waals surface area (Å²) < 4.78 is 12.8. The molecule has 9 nitrogen and oxygen atoms in total. The molecule has 0 aliphatic carbocycles. The highest BCUT2D eigenvalue weighted by molar-refractivity contribution is 7.99. The highest BCUT2D eigenvalue weighted by Gasteiger charge is 2.32. The van der Waals surface area contributed by atoms with Gasteiger partial charge in [-0.3, -0.25) is 9.59 Å². The summed E-state index contributed by atoms with van der Waals surface area (Å²) in [7, 11) is 0. The topological polar surface area (TPSA) is 136 Å². The van der Waals surface area contributed by atoms with Gasteiger partial charge in [0.05, 0.1) is 35.2 Å². The van der Waals surface area contributed by atoms with Crippen molar-refractivity contribution >= 4 is 40.6 Å². The van der Waals surface area contributed by atoms with E-state index in [2.05, 4.69) is 15.6 Å². The third-order valence-corrected chi connectivity index (χ3v) is 8.25. The number of nitrogen functional groups attached to an aromatic ring is 1. The number of carbonyl (C=O) groups is 2. The molecule has 3 atom stereocenters. The van der Waals surface area contributed by atoms with Crippen LogP contribution in [0.3, 0.4) is 0 Å². The third-order valence-electron chi connectivity index (χ3n) is 7.18. The molecule has 2 amide bonds. The van der Waals surface area contributed by atoms with Gasteiger partial charge in [-0.25, -0.2) is 4.98 Å². The molecule has 0 saturated carbocycles. The molecular weight excluding hydrogens is 576 g/mol. The summed E-state index contributed by atoms with van der Waals surface area (Å²) in [6.07, 6.45) is 2.42. The smallest absolute Gasteiger partial charge is 0.224 e. The number of hydrogen-bond acceptors (Lipinski definition) is 8. The molecule has 2 heterocycles. The number of hydrogen-bond donors (Lipinski definition) is 4. The second-order valence-corrected chi connectivity index (χ2v) is 11.5. The van der Waals surface area contributed by atoms with Crippen LogP contribution in [0.5, 0.6) is 0 Å². The van der Waals surface area contributed by atoms with E-state index in [4.69, 9.17) is 15.2 Å². The van der Waals surface area contributed by atoms with Crippen molar-refractivity contribution in [2.75, 3.05) is 22.1 Å². The molecule has 4 aromatic rings. The van der Waals surface area contributed by atoms with E-state index in [0.29, 0.717) is 35.7 Å². The summed E-state index contributed by atoms with van der Waals surface area (Å²) in [6, 6.07) is 28.1. The minimum atomic E-state index is -0.595. The number of aliphatic hydroxyl groups is 1. The lowest BCUT2D eigenvalue weighted by atomic mass is 10.0. The molecule has 1 aliphatic heterocycles. The quantitative estimate of drug-likeness (QED) is 0.109. The van der Waals surface area contributed by atoms with Gasteiger partial charge in [-0.05, 0) is 53.9 Å². The van der Waals surface area contributed by atoms with E-state index in [0.717, 1.165) is 21.7 Å². The van der Waals surface area contributed by atoms with Gasteiger partial charge >= 0.3 is 0 Å². The van der Waals surface area contributed by atoms with Gasteiger partial charge < -0.3 is 30.9 Å². The monoisotopic (exact) mass is 612 g/mol. The molecule has 5 rings (SSSR count). The maximum absolute atomic E-state index is 12.5. The van der Waals surface area contributed by atoms with Crippen LogP contribution in [0, 0.1) is 0 Å². The maximum Gasteiger partial charge on any atom is 0.224 e. The number of thioether (sulfide) groups is 1. The van der Waals surface area contributed by atoms with Crippen molar-refractivity contribution in [3.63, 3.8) is 0 Å². The summed E-state index contributed by atoms with van der Waals surface area (Å²) in [5.41, 5.74) is 10.3. The molecule has 0 spiro atoms. The summed E-state index contributed by atoms with van der Waals surface area (Å²) in [5, 5.41) is 16.0. The van der Waals surface area contributed by atoms with Crippen molar-refractivity contribution in [1.29, 1.82) is 0 Å². The van der Waals surface area contributed by atoms with Gasteiger partial charge in [-0.1, -0.05) is 54.6 Å². The number of amides is 2. The molecule has 1 saturated heterocycles. The zero-order chi connectivity index (χ0) is 30.7. The Morgan fingerprint density at radius 3 is 2.27 bits per heavy atom. The molecule has 1 aliphatic rings.